The highest BCUT2D eigenvalue weighted by Crippen LogP contribution is 2.15. The first kappa shape index (κ1) is 19.5. The maximum Gasteiger partial charge on any atom is 0.253 e. The van der Waals surface area contributed by atoms with Crippen molar-refractivity contribution in [2.75, 3.05) is 13.2 Å². The zero-order chi connectivity index (χ0) is 20.3. The maximum atomic E-state index is 12.5. The molecular formula is C19H21N5O4S. The number of amides is 1. The third-order valence-electron chi connectivity index (χ3n) is 4.72. The Bertz CT molecular complexity index is 1110. The van der Waals surface area contributed by atoms with Gasteiger partial charge in [0.25, 0.3) is 5.91 Å². The van der Waals surface area contributed by atoms with E-state index in [0.717, 1.165) is 23.8 Å². The second-order valence-corrected chi connectivity index (χ2v) is 8.61. The van der Waals surface area contributed by atoms with Crippen LogP contribution in [-0.2, 0) is 21.3 Å². The molecule has 1 aliphatic rings. The van der Waals surface area contributed by atoms with Crippen LogP contribution in [0, 0.1) is 0 Å². The number of H-pyrrole nitrogens is 1. The average Bonchev–Trinajstić information content (AvgIpc) is 3.20. The summed E-state index contributed by atoms with van der Waals surface area (Å²) in [6.45, 7) is 1.33. The summed E-state index contributed by atoms with van der Waals surface area (Å²) in [6.07, 6.45) is 4.69. The fraction of sp³-hybridized carbons (Fsp3) is 0.316. The number of aromatic amines is 1. The Morgan fingerprint density at radius 2 is 2.07 bits per heavy atom. The number of rotatable bonds is 6. The fourth-order valence-corrected chi connectivity index (χ4v) is 4.41. The van der Waals surface area contributed by atoms with Crippen molar-refractivity contribution in [3.8, 4) is 0 Å². The number of carbonyl (C=O) groups excluding carboxylic acids is 1. The van der Waals surface area contributed by atoms with Gasteiger partial charge < -0.3 is 10.1 Å². The van der Waals surface area contributed by atoms with Gasteiger partial charge in [0.05, 0.1) is 23.3 Å². The van der Waals surface area contributed by atoms with Crippen LogP contribution in [0.4, 0.5) is 0 Å². The molecule has 10 heteroatoms. The number of carbonyl (C=O) groups is 1. The molecule has 0 saturated carbocycles. The number of hydrogen-bond donors (Lipinski definition) is 3. The monoisotopic (exact) mass is 415 g/mol. The maximum absolute atomic E-state index is 12.5. The number of nitrogens with zero attached hydrogens (tertiary/aromatic N) is 2. The molecule has 1 unspecified atom stereocenters. The number of ether oxygens (including phenoxy) is 1. The van der Waals surface area contributed by atoms with Gasteiger partial charge in [-0.25, -0.2) is 18.1 Å². The van der Waals surface area contributed by atoms with Gasteiger partial charge in [-0.1, -0.05) is 12.1 Å². The second-order valence-electron chi connectivity index (χ2n) is 6.89. The first-order chi connectivity index (χ1) is 14.0. The van der Waals surface area contributed by atoms with Gasteiger partial charge in [0, 0.05) is 30.8 Å². The minimum absolute atomic E-state index is 0.188. The number of nitrogens with one attached hydrogen (secondary N) is 3. The average molecular weight is 415 g/mol. The van der Waals surface area contributed by atoms with E-state index in [0.29, 0.717) is 24.4 Å². The summed E-state index contributed by atoms with van der Waals surface area (Å²) < 4.78 is 33.0. The van der Waals surface area contributed by atoms with Crippen LogP contribution >= 0.6 is 0 Å². The highest BCUT2D eigenvalue weighted by atomic mass is 32.2. The van der Waals surface area contributed by atoms with Crippen LogP contribution in [0.5, 0.6) is 0 Å². The van der Waals surface area contributed by atoms with E-state index < -0.39 is 10.0 Å². The lowest BCUT2D eigenvalue weighted by Crippen LogP contribution is -2.40. The van der Waals surface area contributed by atoms with Gasteiger partial charge in [0.2, 0.25) is 10.0 Å². The quantitative estimate of drug-likeness (QED) is 0.558. The summed E-state index contributed by atoms with van der Waals surface area (Å²) >= 11 is 0. The third-order valence-corrected chi connectivity index (χ3v) is 6.26. The number of benzene rings is 1. The lowest BCUT2D eigenvalue weighted by molar-refractivity contribution is 0.0774. The molecule has 4 rings (SSSR count). The Morgan fingerprint density at radius 1 is 1.24 bits per heavy atom. The Balaban J connectivity index is 1.36. The minimum atomic E-state index is -3.60. The highest BCUT2D eigenvalue weighted by Gasteiger charge is 2.22. The van der Waals surface area contributed by atoms with Crippen LogP contribution in [0.3, 0.4) is 0 Å². The van der Waals surface area contributed by atoms with Crippen molar-refractivity contribution in [3.05, 3.63) is 53.9 Å². The predicted molar refractivity (Wildman–Crippen MR) is 106 cm³/mol. The van der Waals surface area contributed by atoms with E-state index in [2.05, 4.69) is 25.2 Å². The molecule has 0 bridgehead atoms. The molecule has 3 N–H and O–H groups in total. The summed E-state index contributed by atoms with van der Waals surface area (Å²) in [5.74, 6) is -0.267. The number of sulfonamides is 1. The van der Waals surface area contributed by atoms with Crippen molar-refractivity contribution >= 4 is 27.0 Å². The van der Waals surface area contributed by atoms with E-state index in [9.17, 15) is 13.2 Å². The van der Waals surface area contributed by atoms with Crippen molar-refractivity contribution in [2.45, 2.75) is 30.3 Å². The summed E-state index contributed by atoms with van der Waals surface area (Å²) in [7, 11) is -3.60. The molecule has 29 heavy (non-hydrogen) atoms. The van der Waals surface area contributed by atoms with Gasteiger partial charge in [0.15, 0.2) is 5.65 Å². The van der Waals surface area contributed by atoms with E-state index >= 15 is 0 Å². The first-order valence-corrected chi connectivity index (χ1v) is 10.8. The summed E-state index contributed by atoms with van der Waals surface area (Å²) in [5, 5.41) is 10.2. The van der Waals surface area contributed by atoms with E-state index in [1.54, 1.807) is 24.4 Å². The second kappa shape index (κ2) is 8.27. The molecule has 3 heterocycles. The normalized spacial score (nSPS) is 17.3. The third kappa shape index (κ3) is 4.61. The Hall–Kier alpha value is -2.82. The molecule has 2 aromatic heterocycles. The molecule has 1 fully saturated rings. The van der Waals surface area contributed by atoms with Crippen molar-refractivity contribution in [1.29, 1.82) is 0 Å². The van der Waals surface area contributed by atoms with Crippen LogP contribution in [0.2, 0.25) is 0 Å². The van der Waals surface area contributed by atoms with Gasteiger partial charge in [-0.2, -0.15) is 5.10 Å². The zero-order valence-corrected chi connectivity index (χ0v) is 16.4. The predicted octanol–water partition coefficient (Wildman–Crippen LogP) is 1.35. The van der Waals surface area contributed by atoms with Gasteiger partial charge in [0.1, 0.15) is 0 Å². The number of fused-ring (bicyclic) bond motifs is 1. The molecule has 0 radical (unpaired) electrons. The number of pyridine rings is 1. The van der Waals surface area contributed by atoms with Crippen molar-refractivity contribution < 1.29 is 17.9 Å². The lowest BCUT2D eigenvalue weighted by Gasteiger charge is -2.23. The smallest absolute Gasteiger partial charge is 0.253 e. The number of aromatic nitrogens is 3. The molecule has 1 saturated heterocycles. The van der Waals surface area contributed by atoms with E-state index in [1.807, 2.05) is 0 Å². The minimum Gasteiger partial charge on any atom is -0.380 e. The first-order valence-electron chi connectivity index (χ1n) is 9.28. The Kier molecular flexibility index (Phi) is 5.56. The van der Waals surface area contributed by atoms with Gasteiger partial charge in [-0.3, -0.25) is 9.89 Å². The zero-order valence-electron chi connectivity index (χ0n) is 15.6. The van der Waals surface area contributed by atoms with Gasteiger partial charge in [-0.15, -0.1) is 0 Å². The topological polar surface area (TPSA) is 126 Å². The van der Waals surface area contributed by atoms with Crippen LogP contribution in [0.25, 0.3) is 11.0 Å². The molecule has 1 atom stereocenters. The SMILES string of the molecule is O=C(NCc1ccc(S(=O)(=O)NC2CCCOC2)cc1)c1cnc2[nH]ncc2c1. The molecule has 1 aromatic carbocycles. The molecule has 152 valence electrons. The summed E-state index contributed by atoms with van der Waals surface area (Å²) in [6, 6.07) is 7.94. The largest absolute Gasteiger partial charge is 0.380 e. The summed E-state index contributed by atoms with van der Waals surface area (Å²) in [5.41, 5.74) is 1.83. The molecule has 1 aliphatic heterocycles. The van der Waals surface area contributed by atoms with E-state index in [-0.39, 0.29) is 23.4 Å². The van der Waals surface area contributed by atoms with Gasteiger partial charge >= 0.3 is 0 Å². The fourth-order valence-electron chi connectivity index (χ4n) is 3.15. The molecule has 9 nitrogen and oxygen atoms in total. The lowest BCUT2D eigenvalue weighted by atomic mass is 10.1. The van der Waals surface area contributed by atoms with Crippen LogP contribution < -0.4 is 10.0 Å². The molecular weight excluding hydrogens is 394 g/mol. The van der Waals surface area contributed by atoms with E-state index in [4.69, 9.17) is 4.74 Å². The van der Waals surface area contributed by atoms with Crippen LogP contribution in [-0.4, -0.2) is 48.8 Å². The molecule has 0 aliphatic carbocycles. The van der Waals surface area contributed by atoms with Gasteiger partial charge in [-0.05, 0) is 36.6 Å². The Labute approximate surface area is 167 Å². The van der Waals surface area contributed by atoms with Crippen LogP contribution in [0.15, 0.2) is 47.6 Å². The Morgan fingerprint density at radius 3 is 2.83 bits per heavy atom. The van der Waals surface area contributed by atoms with Crippen molar-refractivity contribution in [3.63, 3.8) is 0 Å². The highest BCUT2D eigenvalue weighted by molar-refractivity contribution is 7.89. The summed E-state index contributed by atoms with van der Waals surface area (Å²) in [4.78, 5) is 16.7. The van der Waals surface area contributed by atoms with Crippen molar-refractivity contribution in [1.82, 2.24) is 25.2 Å². The molecule has 1 amide bonds. The molecule has 3 aromatic rings. The standard InChI is InChI=1S/C19H21N5O4S/c25-19(15-8-14-11-22-23-18(14)20-10-15)21-9-13-3-5-17(6-4-13)29(26,27)24-16-2-1-7-28-12-16/h3-6,8,10-11,16,24H,1-2,7,9,12H2,(H,21,25)(H,20,22,23). The number of hydrogen-bond acceptors (Lipinski definition) is 6. The molecule has 0 spiro atoms. The van der Waals surface area contributed by atoms with Crippen molar-refractivity contribution in [2.24, 2.45) is 0 Å². The van der Waals surface area contributed by atoms with E-state index in [1.165, 1.54) is 18.3 Å². The van der Waals surface area contributed by atoms with Crippen LogP contribution in [0.1, 0.15) is 28.8 Å².